The van der Waals surface area contributed by atoms with E-state index in [0.29, 0.717) is 18.5 Å². The number of benzene rings is 1. The summed E-state index contributed by atoms with van der Waals surface area (Å²) in [6.45, 7) is 9.32. The van der Waals surface area contributed by atoms with Gasteiger partial charge in [-0.3, -0.25) is 9.59 Å². The summed E-state index contributed by atoms with van der Waals surface area (Å²) in [6.07, 6.45) is 2.06. The van der Waals surface area contributed by atoms with Crippen molar-refractivity contribution >= 4 is 40.4 Å². The summed E-state index contributed by atoms with van der Waals surface area (Å²) in [5.74, 6) is -1.52. The standard InChI is InChI=1S/C29H37IN4O6/c1-17(35)24-26-19-3-2-4-21(25(19)27(29(38)39)32(26)28(24)37)40-22-15-18(5-6-20(22)30)7-8-33-9-12-34(13-10-33,14-11-33)16-23(31)36/h5-6,15,17,19,21,24,26,35H,2-4,7-14,16H2,1H3,(H-2,31,36,38,39)/p+2. The minimum atomic E-state index is -1.10. The summed E-state index contributed by atoms with van der Waals surface area (Å²) in [6, 6.07) is 6.01. The minimum Gasteiger partial charge on any atom is -0.485 e. The van der Waals surface area contributed by atoms with Gasteiger partial charge in [-0.05, 0) is 66.5 Å². The molecule has 1 aromatic rings. The molecule has 6 aliphatic rings. The number of carbonyl (C=O) groups is 3. The van der Waals surface area contributed by atoms with Gasteiger partial charge in [-0.2, -0.15) is 0 Å². The molecule has 2 bridgehead atoms. The van der Waals surface area contributed by atoms with Crippen LogP contribution in [0.3, 0.4) is 0 Å². The van der Waals surface area contributed by atoms with E-state index >= 15 is 0 Å². The van der Waals surface area contributed by atoms with Gasteiger partial charge >= 0.3 is 5.97 Å². The summed E-state index contributed by atoms with van der Waals surface area (Å²) in [7, 11) is 0. The number of carbonyl (C=O) groups excluding carboxylic acids is 2. The maximum Gasteiger partial charge on any atom is 0.352 e. The van der Waals surface area contributed by atoms with Gasteiger partial charge in [0.25, 0.3) is 5.91 Å². The van der Waals surface area contributed by atoms with Gasteiger partial charge in [0, 0.05) is 17.9 Å². The first-order valence-electron chi connectivity index (χ1n) is 14.5. The van der Waals surface area contributed by atoms with Gasteiger partial charge in [-0.25, -0.2) is 4.79 Å². The molecule has 10 nitrogen and oxygen atoms in total. The van der Waals surface area contributed by atoms with Crippen LogP contribution in [0.5, 0.6) is 5.75 Å². The number of rotatable bonds is 9. The Morgan fingerprint density at radius 3 is 2.45 bits per heavy atom. The molecule has 2 amide bonds. The van der Waals surface area contributed by atoms with Gasteiger partial charge < -0.3 is 34.5 Å². The Bertz CT molecular complexity index is 1260. The highest BCUT2D eigenvalue weighted by atomic mass is 127. The van der Waals surface area contributed by atoms with Crippen molar-refractivity contribution in [2.24, 2.45) is 17.6 Å². The highest BCUT2D eigenvalue weighted by Gasteiger charge is 2.62. The van der Waals surface area contributed by atoms with Crippen LogP contribution in [0.15, 0.2) is 29.5 Å². The molecule has 216 valence electrons. The van der Waals surface area contributed by atoms with Crippen molar-refractivity contribution in [1.29, 1.82) is 0 Å². The van der Waals surface area contributed by atoms with Crippen LogP contribution in [-0.2, 0) is 20.8 Å². The Kier molecular flexibility index (Phi) is 7.16. The minimum absolute atomic E-state index is 0.0598. The van der Waals surface area contributed by atoms with Crippen molar-refractivity contribution in [2.45, 2.75) is 50.9 Å². The maximum atomic E-state index is 12.8. The summed E-state index contributed by atoms with van der Waals surface area (Å²) in [5, 5.41) is 20.3. The largest absolute Gasteiger partial charge is 0.485 e. The average Bonchev–Trinajstić information content (AvgIpc) is 3.21. The van der Waals surface area contributed by atoms with Gasteiger partial charge in [0.05, 0.1) is 28.2 Å². The van der Waals surface area contributed by atoms with Gasteiger partial charge in [0.2, 0.25) is 5.91 Å². The number of aliphatic hydroxyl groups is 1. The second kappa shape index (κ2) is 10.2. The van der Waals surface area contributed by atoms with E-state index in [4.69, 9.17) is 10.5 Å². The van der Waals surface area contributed by atoms with Crippen LogP contribution in [0.1, 0.15) is 31.7 Å². The van der Waals surface area contributed by atoms with Crippen molar-refractivity contribution in [2.75, 3.05) is 52.4 Å². The molecule has 5 fully saturated rings. The monoisotopic (exact) mass is 666 g/mol. The fourth-order valence-corrected chi connectivity index (χ4v) is 8.58. The summed E-state index contributed by atoms with van der Waals surface area (Å²) in [4.78, 5) is 38.2. The van der Waals surface area contributed by atoms with E-state index in [0.717, 1.165) is 83.4 Å². The molecular formula is C29H39IN4O6+2. The molecule has 0 radical (unpaired) electrons. The number of nitrogens with zero attached hydrogens (tertiary/aromatic N) is 3. The number of carboxylic acids is 1. The molecule has 5 unspecified atom stereocenters. The third kappa shape index (κ3) is 4.62. The lowest BCUT2D eigenvalue weighted by molar-refractivity contribution is -1.08. The maximum absolute atomic E-state index is 12.8. The number of β-lactam (4-membered cyclic amide) rings is 1. The number of hydrogen-bond acceptors (Lipinski definition) is 5. The zero-order valence-electron chi connectivity index (χ0n) is 22.9. The average molecular weight is 667 g/mol. The third-order valence-electron chi connectivity index (χ3n) is 10.3. The van der Waals surface area contributed by atoms with Crippen LogP contribution in [-0.4, -0.2) is 112 Å². The molecular weight excluding hydrogens is 627 g/mol. The predicted molar refractivity (Wildman–Crippen MR) is 154 cm³/mol. The Morgan fingerprint density at radius 2 is 1.82 bits per heavy atom. The molecule has 4 N–H and O–H groups in total. The molecule has 11 heteroatoms. The molecule has 1 aliphatic carbocycles. The van der Waals surface area contributed by atoms with E-state index in [9.17, 15) is 24.6 Å². The molecule has 1 aromatic carbocycles. The lowest BCUT2D eigenvalue weighted by Crippen LogP contribution is -2.76. The Hall–Kier alpha value is -2.22. The lowest BCUT2D eigenvalue weighted by atomic mass is 9.71. The van der Waals surface area contributed by atoms with Crippen molar-refractivity contribution in [3.8, 4) is 5.75 Å². The van der Waals surface area contributed by atoms with Gasteiger partial charge in [-0.1, -0.05) is 6.07 Å². The number of piperazine rings is 3. The summed E-state index contributed by atoms with van der Waals surface area (Å²) >= 11 is 2.27. The quantitative estimate of drug-likeness (QED) is 0.206. The molecule has 0 spiro atoms. The molecule has 5 heterocycles. The smallest absolute Gasteiger partial charge is 0.352 e. The highest BCUT2D eigenvalue weighted by Crippen LogP contribution is 2.52. The summed E-state index contributed by atoms with van der Waals surface area (Å²) < 4.78 is 9.49. The first-order chi connectivity index (χ1) is 19.0. The molecule has 0 aromatic heterocycles. The summed E-state index contributed by atoms with van der Waals surface area (Å²) in [5.41, 5.74) is 7.48. The Morgan fingerprint density at radius 1 is 1.15 bits per heavy atom. The molecule has 40 heavy (non-hydrogen) atoms. The molecule has 5 aliphatic heterocycles. The number of halogens is 1. The number of nitrogens with two attached hydrogens (primary N) is 1. The van der Waals surface area contributed by atoms with Crippen molar-refractivity contribution in [3.05, 3.63) is 38.6 Å². The van der Waals surface area contributed by atoms with Gasteiger partial charge in [0.15, 0.2) is 6.54 Å². The van der Waals surface area contributed by atoms with Crippen molar-refractivity contribution in [1.82, 2.24) is 4.90 Å². The number of hydrogen-bond donors (Lipinski definition) is 3. The van der Waals surface area contributed by atoms with Crippen LogP contribution >= 0.6 is 22.6 Å². The molecule has 7 rings (SSSR count). The SMILES string of the molecule is CC(O)C1C(=O)N2C(C(=O)O)=C3C(Oc4cc(CC[N+]56CC[N+](CC(N)=O)(CC5)CC6)ccc4I)CCCC3C12. The number of aliphatic carboxylic acids is 1. The van der Waals surface area contributed by atoms with E-state index in [1.54, 1.807) is 6.92 Å². The fourth-order valence-electron chi connectivity index (χ4n) is 8.12. The van der Waals surface area contributed by atoms with Crippen molar-refractivity contribution in [3.63, 3.8) is 0 Å². The Balaban J connectivity index is 1.18. The van der Waals surface area contributed by atoms with Crippen LogP contribution in [0.2, 0.25) is 0 Å². The van der Waals surface area contributed by atoms with Gasteiger partial charge in [0.1, 0.15) is 56.8 Å². The van der Waals surface area contributed by atoms with Crippen LogP contribution in [0, 0.1) is 15.4 Å². The van der Waals surface area contributed by atoms with Crippen LogP contribution < -0.4 is 10.5 Å². The van der Waals surface area contributed by atoms with Gasteiger partial charge in [-0.15, -0.1) is 0 Å². The number of carboxylic acid groups (broad SMARTS) is 1. The number of amides is 2. The lowest BCUT2D eigenvalue weighted by Gasteiger charge is -2.55. The zero-order valence-corrected chi connectivity index (χ0v) is 25.1. The number of aliphatic hydroxyl groups excluding tert-OH is 1. The van der Waals surface area contributed by atoms with Crippen LogP contribution in [0.4, 0.5) is 0 Å². The first kappa shape index (κ1) is 27.9. The number of ether oxygens (including phenoxy) is 1. The van der Waals surface area contributed by atoms with E-state index in [2.05, 4.69) is 40.8 Å². The van der Waals surface area contributed by atoms with Crippen LogP contribution in [0.25, 0.3) is 0 Å². The molecule has 5 atom stereocenters. The van der Waals surface area contributed by atoms with E-state index in [-0.39, 0.29) is 29.5 Å². The second-order valence-corrected chi connectivity index (χ2v) is 13.8. The number of primary amides is 1. The van der Waals surface area contributed by atoms with E-state index in [1.807, 2.05) is 0 Å². The number of quaternary nitrogens is 2. The topological polar surface area (TPSA) is 130 Å². The fraction of sp³-hybridized carbons (Fsp3) is 0.621. The Labute approximate surface area is 248 Å². The number of fused-ring (bicyclic) bond motifs is 6. The predicted octanol–water partition coefficient (Wildman–Crippen LogP) is 1.09. The third-order valence-corrected chi connectivity index (χ3v) is 11.2. The molecule has 1 saturated carbocycles. The second-order valence-electron chi connectivity index (χ2n) is 12.6. The normalized spacial score (nSPS) is 35.2. The molecule has 4 saturated heterocycles. The zero-order chi connectivity index (χ0) is 28.4. The first-order valence-corrected chi connectivity index (χ1v) is 15.5. The van der Waals surface area contributed by atoms with E-state index in [1.165, 1.54) is 10.5 Å². The van der Waals surface area contributed by atoms with E-state index < -0.39 is 24.1 Å². The highest BCUT2D eigenvalue weighted by molar-refractivity contribution is 14.1. The van der Waals surface area contributed by atoms with Crippen molar-refractivity contribution < 1.29 is 38.3 Å².